The van der Waals surface area contributed by atoms with E-state index in [-0.39, 0.29) is 5.91 Å². The van der Waals surface area contributed by atoms with Crippen LogP contribution in [0, 0.1) is 0 Å². The van der Waals surface area contributed by atoms with E-state index >= 15 is 0 Å². The Balaban J connectivity index is 3.83. The monoisotopic (exact) mass is 276 g/mol. The van der Waals surface area contributed by atoms with Crippen LogP contribution in [0.4, 0.5) is 0 Å². The number of hydrogen-bond donors (Lipinski definition) is 2. The first-order valence-corrected chi connectivity index (χ1v) is 7.52. The third kappa shape index (κ3) is 7.55. The molecule has 0 aromatic rings. The highest BCUT2D eigenvalue weighted by atomic mass is 32.2. The van der Waals surface area contributed by atoms with Gasteiger partial charge in [0.1, 0.15) is 6.04 Å². The molecular formula is C12H24N2O3S. The SMILES string of the molecule is CCCN(CCC)C(=O)CSCCC(N)C(=O)O. The van der Waals surface area contributed by atoms with E-state index in [1.807, 2.05) is 4.90 Å². The van der Waals surface area contributed by atoms with Crippen molar-refractivity contribution in [2.45, 2.75) is 39.2 Å². The molecule has 0 aromatic heterocycles. The smallest absolute Gasteiger partial charge is 0.320 e. The summed E-state index contributed by atoms with van der Waals surface area (Å²) in [5.41, 5.74) is 5.38. The molecule has 0 saturated heterocycles. The van der Waals surface area contributed by atoms with Gasteiger partial charge < -0.3 is 15.7 Å². The fraction of sp³-hybridized carbons (Fsp3) is 0.833. The van der Waals surface area contributed by atoms with E-state index < -0.39 is 12.0 Å². The summed E-state index contributed by atoms with van der Waals surface area (Å²) in [7, 11) is 0. The Morgan fingerprint density at radius 2 is 1.83 bits per heavy atom. The quantitative estimate of drug-likeness (QED) is 0.585. The average Bonchev–Trinajstić information content (AvgIpc) is 2.33. The standard InChI is InChI=1S/C12H24N2O3S/c1-3-6-14(7-4-2)11(15)9-18-8-5-10(13)12(16)17/h10H,3-9,13H2,1-2H3,(H,16,17). The molecule has 0 heterocycles. The molecule has 0 aliphatic carbocycles. The van der Waals surface area contributed by atoms with E-state index in [1.165, 1.54) is 11.8 Å². The molecule has 1 atom stereocenters. The van der Waals surface area contributed by atoms with Crippen molar-refractivity contribution in [3.63, 3.8) is 0 Å². The molecule has 0 aromatic carbocycles. The minimum Gasteiger partial charge on any atom is -0.480 e. The van der Waals surface area contributed by atoms with E-state index in [1.54, 1.807) is 0 Å². The topological polar surface area (TPSA) is 83.6 Å². The second-order valence-corrected chi connectivity index (χ2v) is 5.27. The lowest BCUT2D eigenvalue weighted by Crippen LogP contribution is -2.34. The lowest BCUT2D eigenvalue weighted by atomic mass is 10.2. The van der Waals surface area contributed by atoms with Crippen LogP contribution in [0.25, 0.3) is 0 Å². The van der Waals surface area contributed by atoms with Crippen molar-refractivity contribution in [2.24, 2.45) is 5.73 Å². The second kappa shape index (κ2) is 10.2. The van der Waals surface area contributed by atoms with Crippen molar-refractivity contribution in [1.29, 1.82) is 0 Å². The highest BCUT2D eigenvalue weighted by Gasteiger charge is 2.13. The molecule has 3 N–H and O–H groups in total. The van der Waals surface area contributed by atoms with Crippen molar-refractivity contribution in [1.82, 2.24) is 4.90 Å². The molecule has 0 spiro atoms. The maximum absolute atomic E-state index is 11.9. The molecule has 0 aliphatic heterocycles. The summed E-state index contributed by atoms with van der Waals surface area (Å²) < 4.78 is 0. The van der Waals surface area contributed by atoms with E-state index in [2.05, 4.69) is 13.8 Å². The largest absolute Gasteiger partial charge is 0.480 e. The molecule has 0 saturated carbocycles. The summed E-state index contributed by atoms with van der Waals surface area (Å²) in [6.07, 6.45) is 2.31. The van der Waals surface area contributed by atoms with Gasteiger partial charge >= 0.3 is 5.97 Å². The summed E-state index contributed by atoms with van der Waals surface area (Å²) in [6, 6.07) is -0.824. The van der Waals surface area contributed by atoms with Gasteiger partial charge in [0.05, 0.1) is 5.75 Å². The third-order valence-corrected chi connectivity index (χ3v) is 3.43. The zero-order valence-electron chi connectivity index (χ0n) is 11.2. The van der Waals surface area contributed by atoms with Crippen LogP contribution in [-0.2, 0) is 9.59 Å². The van der Waals surface area contributed by atoms with Crippen LogP contribution in [-0.4, -0.2) is 52.5 Å². The molecule has 106 valence electrons. The predicted molar refractivity (Wildman–Crippen MR) is 74.7 cm³/mol. The zero-order chi connectivity index (χ0) is 14.0. The van der Waals surface area contributed by atoms with Gasteiger partial charge in [0.2, 0.25) is 5.91 Å². The second-order valence-electron chi connectivity index (χ2n) is 4.17. The van der Waals surface area contributed by atoms with Gasteiger partial charge in [0.25, 0.3) is 0 Å². The number of carbonyl (C=O) groups is 2. The number of amides is 1. The van der Waals surface area contributed by atoms with Crippen molar-refractivity contribution in [3.05, 3.63) is 0 Å². The maximum Gasteiger partial charge on any atom is 0.320 e. The first kappa shape index (κ1) is 17.2. The summed E-state index contributed by atoms with van der Waals surface area (Å²) in [5, 5.41) is 8.61. The van der Waals surface area contributed by atoms with Gasteiger partial charge in [-0.05, 0) is 25.0 Å². The molecule has 0 aliphatic rings. The van der Waals surface area contributed by atoms with Crippen LogP contribution in [0.15, 0.2) is 0 Å². The Morgan fingerprint density at radius 3 is 2.28 bits per heavy atom. The number of carboxylic acid groups (broad SMARTS) is 1. The fourth-order valence-electron chi connectivity index (χ4n) is 1.49. The van der Waals surface area contributed by atoms with E-state index in [9.17, 15) is 9.59 Å². The van der Waals surface area contributed by atoms with Gasteiger partial charge in [-0.2, -0.15) is 11.8 Å². The summed E-state index contributed by atoms with van der Waals surface area (Å²) >= 11 is 1.45. The predicted octanol–water partition coefficient (Wildman–Crippen LogP) is 1.17. The van der Waals surface area contributed by atoms with Crippen LogP contribution < -0.4 is 5.73 Å². The summed E-state index contributed by atoms with van der Waals surface area (Å²) in [4.78, 5) is 24.2. The first-order valence-electron chi connectivity index (χ1n) is 6.36. The van der Waals surface area contributed by atoms with Gasteiger partial charge in [-0.3, -0.25) is 9.59 Å². The van der Waals surface area contributed by atoms with Crippen LogP contribution in [0.2, 0.25) is 0 Å². The maximum atomic E-state index is 11.9. The first-order chi connectivity index (χ1) is 8.52. The van der Waals surface area contributed by atoms with Crippen LogP contribution in [0.5, 0.6) is 0 Å². The van der Waals surface area contributed by atoms with Crippen molar-refractivity contribution >= 4 is 23.6 Å². The number of aliphatic carboxylic acids is 1. The molecule has 18 heavy (non-hydrogen) atoms. The average molecular weight is 276 g/mol. The number of nitrogens with zero attached hydrogens (tertiary/aromatic N) is 1. The van der Waals surface area contributed by atoms with E-state index in [4.69, 9.17) is 10.8 Å². The number of hydrogen-bond acceptors (Lipinski definition) is 4. The number of carboxylic acids is 1. The molecule has 0 rings (SSSR count). The Labute approximate surface area is 113 Å². The lowest BCUT2D eigenvalue weighted by Gasteiger charge is -2.21. The molecule has 0 fully saturated rings. The lowest BCUT2D eigenvalue weighted by molar-refractivity contribution is -0.138. The third-order valence-electron chi connectivity index (χ3n) is 2.46. The summed E-state index contributed by atoms with van der Waals surface area (Å²) in [6.45, 7) is 5.69. The Morgan fingerprint density at radius 1 is 1.28 bits per heavy atom. The van der Waals surface area contributed by atoms with Gasteiger partial charge in [-0.25, -0.2) is 0 Å². The molecule has 1 amide bonds. The molecule has 0 radical (unpaired) electrons. The number of nitrogens with two attached hydrogens (primary N) is 1. The number of rotatable bonds is 10. The molecule has 0 bridgehead atoms. The Hall–Kier alpha value is -0.750. The Kier molecular flexibility index (Phi) is 9.77. The van der Waals surface area contributed by atoms with E-state index in [0.717, 1.165) is 25.9 Å². The molecule has 6 heteroatoms. The molecule has 1 unspecified atom stereocenters. The van der Waals surface area contributed by atoms with Crippen LogP contribution in [0.3, 0.4) is 0 Å². The summed E-state index contributed by atoms with van der Waals surface area (Å²) in [5.74, 6) is 0.158. The van der Waals surface area contributed by atoms with Gasteiger partial charge in [0.15, 0.2) is 0 Å². The highest BCUT2D eigenvalue weighted by Crippen LogP contribution is 2.07. The number of carbonyl (C=O) groups excluding carboxylic acids is 1. The number of thioether (sulfide) groups is 1. The van der Waals surface area contributed by atoms with Gasteiger partial charge in [-0.1, -0.05) is 13.8 Å². The van der Waals surface area contributed by atoms with E-state index in [0.29, 0.717) is 17.9 Å². The van der Waals surface area contributed by atoms with Crippen LogP contribution in [0.1, 0.15) is 33.1 Å². The van der Waals surface area contributed by atoms with Gasteiger partial charge in [0, 0.05) is 13.1 Å². The minimum atomic E-state index is -0.986. The molecular weight excluding hydrogens is 252 g/mol. The van der Waals surface area contributed by atoms with Crippen molar-refractivity contribution in [2.75, 3.05) is 24.6 Å². The van der Waals surface area contributed by atoms with Gasteiger partial charge in [-0.15, -0.1) is 0 Å². The van der Waals surface area contributed by atoms with Crippen LogP contribution >= 0.6 is 11.8 Å². The fourth-order valence-corrected chi connectivity index (χ4v) is 2.41. The molecule has 5 nitrogen and oxygen atoms in total. The van der Waals surface area contributed by atoms with Crippen molar-refractivity contribution < 1.29 is 14.7 Å². The minimum absolute atomic E-state index is 0.132. The normalized spacial score (nSPS) is 12.2. The van der Waals surface area contributed by atoms with Crippen molar-refractivity contribution in [3.8, 4) is 0 Å². The zero-order valence-corrected chi connectivity index (χ0v) is 12.0. The highest BCUT2D eigenvalue weighted by molar-refractivity contribution is 7.99. The Bertz CT molecular complexity index is 256.